The average molecular weight is 316 g/mol. The van der Waals surface area contributed by atoms with Gasteiger partial charge in [0, 0.05) is 37.3 Å². The highest BCUT2D eigenvalue weighted by Gasteiger charge is 2.38. The maximum atomic E-state index is 12.8. The Kier molecular flexibility index (Phi) is 4.55. The van der Waals surface area contributed by atoms with Crippen LogP contribution in [0.15, 0.2) is 24.3 Å². The Morgan fingerprint density at radius 3 is 2.87 bits per heavy atom. The van der Waals surface area contributed by atoms with Crippen molar-refractivity contribution in [2.75, 3.05) is 25.1 Å². The van der Waals surface area contributed by atoms with Crippen molar-refractivity contribution in [2.24, 2.45) is 5.92 Å². The summed E-state index contributed by atoms with van der Waals surface area (Å²) in [4.78, 5) is 28.8. The van der Waals surface area contributed by atoms with Gasteiger partial charge in [-0.3, -0.25) is 9.59 Å². The molecule has 0 radical (unpaired) electrons. The van der Waals surface area contributed by atoms with Crippen LogP contribution in [0.5, 0.6) is 5.75 Å². The van der Waals surface area contributed by atoms with Crippen molar-refractivity contribution in [1.82, 2.24) is 4.90 Å². The first-order chi connectivity index (χ1) is 11.1. The number of ether oxygens (including phenoxy) is 1. The molecule has 2 saturated heterocycles. The summed E-state index contributed by atoms with van der Waals surface area (Å²) < 4.78 is 5.22. The van der Waals surface area contributed by atoms with Crippen LogP contribution in [-0.4, -0.2) is 43.0 Å². The normalized spacial score (nSPS) is 24.9. The Hall–Kier alpha value is -2.04. The summed E-state index contributed by atoms with van der Waals surface area (Å²) in [7, 11) is 1.61. The number of hydrogen-bond acceptors (Lipinski definition) is 3. The lowest BCUT2D eigenvalue weighted by Gasteiger charge is -2.35. The number of piperidine rings is 1. The van der Waals surface area contributed by atoms with Gasteiger partial charge in [0.15, 0.2) is 0 Å². The predicted molar refractivity (Wildman–Crippen MR) is 88.5 cm³/mol. The molecular formula is C18H24N2O3. The standard InChI is InChI=1S/C18H24N2O3/c1-13-6-3-4-9-19(13)18(22)14-10-17(21)20(12-14)15-7-5-8-16(11-15)23-2/h5,7-8,11,13-14H,3-4,6,9-10,12H2,1-2H3/t13-,14-/m1/s1. The van der Waals surface area contributed by atoms with Crippen LogP contribution in [0, 0.1) is 5.92 Å². The summed E-state index contributed by atoms with van der Waals surface area (Å²) in [5, 5.41) is 0. The number of amides is 2. The highest BCUT2D eigenvalue weighted by atomic mass is 16.5. The van der Waals surface area contributed by atoms with Crippen molar-refractivity contribution in [3.8, 4) is 5.75 Å². The van der Waals surface area contributed by atoms with E-state index in [-0.39, 0.29) is 23.8 Å². The molecule has 3 rings (SSSR count). The number of carbonyl (C=O) groups excluding carboxylic acids is 2. The molecule has 2 heterocycles. The predicted octanol–water partition coefficient (Wildman–Crippen LogP) is 2.45. The maximum Gasteiger partial charge on any atom is 0.228 e. The lowest BCUT2D eigenvalue weighted by molar-refractivity contribution is -0.139. The highest BCUT2D eigenvalue weighted by Crippen LogP contribution is 2.30. The number of rotatable bonds is 3. The molecule has 2 amide bonds. The molecule has 0 N–H and O–H groups in total. The van der Waals surface area contributed by atoms with E-state index in [0.29, 0.717) is 13.0 Å². The van der Waals surface area contributed by atoms with E-state index in [0.717, 1.165) is 30.8 Å². The number of hydrogen-bond donors (Lipinski definition) is 0. The van der Waals surface area contributed by atoms with Gasteiger partial charge in [-0.1, -0.05) is 6.07 Å². The minimum Gasteiger partial charge on any atom is -0.497 e. The van der Waals surface area contributed by atoms with Gasteiger partial charge in [0.1, 0.15) is 5.75 Å². The maximum absolute atomic E-state index is 12.8. The summed E-state index contributed by atoms with van der Waals surface area (Å²) in [6.07, 6.45) is 3.62. The lowest BCUT2D eigenvalue weighted by Crippen LogP contribution is -2.45. The molecular weight excluding hydrogens is 292 g/mol. The Labute approximate surface area is 137 Å². The van der Waals surface area contributed by atoms with E-state index in [1.165, 1.54) is 6.42 Å². The molecule has 2 atom stereocenters. The molecule has 0 aromatic heterocycles. The van der Waals surface area contributed by atoms with Crippen molar-refractivity contribution >= 4 is 17.5 Å². The smallest absolute Gasteiger partial charge is 0.228 e. The van der Waals surface area contributed by atoms with Crippen LogP contribution in [0.2, 0.25) is 0 Å². The van der Waals surface area contributed by atoms with Crippen molar-refractivity contribution in [2.45, 2.75) is 38.6 Å². The highest BCUT2D eigenvalue weighted by molar-refractivity contribution is 6.00. The lowest BCUT2D eigenvalue weighted by atomic mass is 9.99. The zero-order valence-corrected chi connectivity index (χ0v) is 13.8. The van der Waals surface area contributed by atoms with E-state index >= 15 is 0 Å². The number of anilines is 1. The fourth-order valence-corrected chi connectivity index (χ4v) is 3.56. The van der Waals surface area contributed by atoms with Crippen LogP contribution in [0.25, 0.3) is 0 Å². The second-order valence-corrected chi connectivity index (χ2v) is 6.48. The van der Waals surface area contributed by atoms with Crippen molar-refractivity contribution in [3.63, 3.8) is 0 Å². The minimum absolute atomic E-state index is 0.0151. The van der Waals surface area contributed by atoms with E-state index in [1.807, 2.05) is 29.2 Å². The molecule has 0 unspecified atom stereocenters. The summed E-state index contributed by atoms with van der Waals surface area (Å²) in [5.74, 6) is 0.640. The van der Waals surface area contributed by atoms with Crippen molar-refractivity contribution < 1.29 is 14.3 Å². The van der Waals surface area contributed by atoms with Crippen molar-refractivity contribution in [1.29, 1.82) is 0 Å². The number of likely N-dealkylation sites (tertiary alicyclic amines) is 1. The summed E-state index contributed by atoms with van der Waals surface area (Å²) in [5.41, 5.74) is 0.802. The van der Waals surface area contributed by atoms with Gasteiger partial charge < -0.3 is 14.5 Å². The zero-order chi connectivity index (χ0) is 16.4. The number of carbonyl (C=O) groups is 2. The van der Waals surface area contributed by atoms with Gasteiger partial charge in [-0.05, 0) is 38.3 Å². The molecule has 23 heavy (non-hydrogen) atoms. The van der Waals surface area contributed by atoms with E-state index < -0.39 is 0 Å². The van der Waals surface area contributed by atoms with E-state index in [4.69, 9.17) is 4.74 Å². The minimum atomic E-state index is -0.228. The first kappa shape index (κ1) is 15.8. The largest absolute Gasteiger partial charge is 0.497 e. The van der Waals surface area contributed by atoms with E-state index in [1.54, 1.807) is 12.0 Å². The first-order valence-electron chi connectivity index (χ1n) is 8.35. The molecule has 5 nitrogen and oxygen atoms in total. The molecule has 0 bridgehead atoms. The van der Waals surface area contributed by atoms with Gasteiger partial charge in [0.2, 0.25) is 11.8 Å². The number of benzene rings is 1. The van der Waals surface area contributed by atoms with Crippen LogP contribution >= 0.6 is 0 Å². The molecule has 0 spiro atoms. The topological polar surface area (TPSA) is 49.9 Å². The first-order valence-corrected chi connectivity index (χ1v) is 8.35. The van der Waals surface area contributed by atoms with Crippen LogP contribution in [0.3, 0.4) is 0 Å². The Morgan fingerprint density at radius 2 is 2.13 bits per heavy atom. The Bertz CT molecular complexity index is 602. The SMILES string of the molecule is COc1cccc(N2C[C@H](C(=O)N3CCCC[C@H]3C)CC2=O)c1. The molecule has 0 aliphatic carbocycles. The van der Waals surface area contributed by atoms with Gasteiger partial charge in [-0.2, -0.15) is 0 Å². The zero-order valence-electron chi connectivity index (χ0n) is 13.8. The monoisotopic (exact) mass is 316 g/mol. The number of nitrogens with zero attached hydrogens (tertiary/aromatic N) is 2. The van der Waals surface area contributed by atoms with Crippen LogP contribution in [0.4, 0.5) is 5.69 Å². The van der Waals surface area contributed by atoms with E-state index in [2.05, 4.69) is 6.92 Å². The number of methoxy groups -OCH3 is 1. The second-order valence-electron chi connectivity index (χ2n) is 6.48. The van der Waals surface area contributed by atoms with Crippen LogP contribution < -0.4 is 9.64 Å². The third-order valence-electron chi connectivity index (χ3n) is 4.93. The molecule has 2 fully saturated rings. The molecule has 2 aliphatic heterocycles. The van der Waals surface area contributed by atoms with Crippen LogP contribution in [-0.2, 0) is 9.59 Å². The molecule has 0 saturated carbocycles. The fourth-order valence-electron chi connectivity index (χ4n) is 3.56. The summed E-state index contributed by atoms with van der Waals surface area (Å²) in [6, 6.07) is 7.73. The van der Waals surface area contributed by atoms with Gasteiger partial charge in [-0.15, -0.1) is 0 Å². The van der Waals surface area contributed by atoms with E-state index in [9.17, 15) is 9.59 Å². The summed E-state index contributed by atoms with van der Waals surface area (Å²) in [6.45, 7) is 3.39. The fraction of sp³-hybridized carbons (Fsp3) is 0.556. The molecule has 5 heteroatoms. The van der Waals surface area contributed by atoms with Gasteiger partial charge in [0.05, 0.1) is 13.0 Å². The van der Waals surface area contributed by atoms with Crippen molar-refractivity contribution in [3.05, 3.63) is 24.3 Å². The third-order valence-corrected chi connectivity index (χ3v) is 4.93. The quantitative estimate of drug-likeness (QED) is 0.860. The van der Waals surface area contributed by atoms with Gasteiger partial charge in [0.25, 0.3) is 0 Å². The van der Waals surface area contributed by atoms with Gasteiger partial charge in [-0.25, -0.2) is 0 Å². The molecule has 2 aliphatic rings. The Morgan fingerprint density at radius 1 is 1.30 bits per heavy atom. The Balaban J connectivity index is 1.72. The molecule has 124 valence electrons. The molecule has 1 aromatic rings. The van der Waals surface area contributed by atoms with Crippen LogP contribution in [0.1, 0.15) is 32.6 Å². The van der Waals surface area contributed by atoms with Gasteiger partial charge >= 0.3 is 0 Å². The average Bonchev–Trinajstić information content (AvgIpc) is 2.96. The molecule has 1 aromatic carbocycles. The summed E-state index contributed by atoms with van der Waals surface area (Å²) >= 11 is 0. The second kappa shape index (κ2) is 6.60. The third kappa shape index (κ3) is 3.19.